The first-order chi connectivity index (χ1) is 16.9. The highest BCUT2D eigenvalue weighted by Gasteiger charge is 2.28. The molecule has 1 unspecified atom stereocenters. The van der Waals surface area contributed by atoms with Gasteiger partial charge >= 0.3 is 5.97 Å². The van der Waals surface area contributed by atoms with Crippen LogP contribution in [-0.2, 0) is 4.74 Å². The van der Waals surface area contributed by atoms with Crippen LogP contribution in [0.3, 0.4) is 0 Å². The fourth-order valence-corrected chi connectivity index (χ4v) is 5.17. The van der Waals surface area contributed by atoms with Gasteiger partial charge in [0.05, 0.1) is 19.9 Å². The van der Waals surface area contributed by atoms with Crippen LogP contribution in [0, 0.1) is 5.41 Å². The number of esters is 1. The van der Waals surface area contributed by atoms with E-state index in [0.717, 1.165) is 35.8 Å². The van der Waals surface area contributed by atoms with Gasteiger partial charge < -0.3 is 14.9 Å². The van der Waals surface area contributed by atoms with E-state index in [4.69, 9.17) is 20.3 Å². The SMILES string of the molecule is CCCCCCCC(OC(=O)c1ccccc1)c1c2ccc(=N)c(Br)c-2oc2c(Br)c(N)ccc12. The topological polar surface area (TPSA) is 89.3 Å². The second-order valence-electron chi connectivity index (χ2n) is 8.63. The second-order valence-corrected chi connectivity index (χ2v) is 10.2. The predicted octanol–water partition coefficient (Wildman–Crippen LogP) is 8.38. The van der Waals surface area contributed by atoms with E-state index in [2.05, 4.69) is 38.8 Å². The third-order valence-corrected chi connectivity index (χ3v) is 7.76. The van der Waals surface area contributed by atoms with Gasteiger partial charge in [0.15, 0.2) is 11.3 Å². The Labute approximate surface area is 221 Å². The third-order valence-electron chi connectivity index (χ3n) is 6.16. The molecule has 0 saturated carbocycles. The Morgan fingerprint density at radius 2 is 1.74 bits per heavy atom. The highest BCUT2D eigenvalue weighted by Crippen LogP contribution is 2.45. The Morgan fingerprint density at radius 1 is 1.00 bits per heavy atom. The van der Waals surface area contributed by atoms with Crippen molar-refractivity contribution in [1.82, 2.24) is 0 Å². The molecule has 0 fully saturated rings. The Hall–Kier alpha value is -2.64. The van der Waals surface area contributed by atoms with E-state index in [0.29, 0.717) is 43.3 Å². The Bertz CT molecular complexity index is 1370. The van der Waals surface area contributed by atoms with Gasteiger partial charge in [0, 0.05) is 22.2 Å². The fourth-order valence-electron chi connectivity index (χ4n) is 4.31. The normalized spacial score (nSPS) is 12.2. The van der Waals surface area contributed by atoms with Gasteiger partial charge in [0.1, 0.15) is 6.10 Å². The third kappa shape index (κ3) is 5.46. The van der Waals surface area contributed by atoms with Crippen LogP contribution in [0.4, 0.5) is 5.69 Å². The molecular weight excluding hydrogens is 572 g/mol. The lowest BCUT2D eigenvalue weighted by molar-refractivity contribution is 0.0274. The van der Waals surface area contributed by atoms with Gasteiger partial charge in [-0.25, -0.2) is 4.79 Å². The average molecular weight is 600 g/mol. The smallest absolute Gasteiger partial charge is 0.338 e. The molecule has 0 amide bonds. The number of nitrogens with one attached hydrogen (secondary N) is 1. The quantitative estimate of drug-likeness (QED) is 0.0875. The zero-order valence-corrected chi connectivity index (χ0v) is 22.7. The minimum atomic E-state index is -0.496. The molecule has 0 saturated heterocycles. The maximum absolute atomic E-state index is 13.2. The number of nitrogen functional groups attached to an aromatic ring is 1. The molecule has 1 aliphatic heterocycles. The number of ether oxygens (including phenoxy) is 1. The summed E-state index contributed by atoms with van der Waals surface area (Å²) in [5.74, 6) is 0.162. The molecule has 0 radical (unpaired) electrons. The highest BCUT2D eigenvalue weighted by atomic mass is 79.9. The molecule has 1 heterocycles. The van der Waals surface area contributed by atoms with Crippen LogP contribution >= 0.6 is 31.9 Å². The molecule has 0 bridgehead atoms. The number of fused-ring (bicyclic) bond motifs is 2. The number of carbonyl (C=O) groups excluding carboxylic acids is 1. The van der Waals surface area contributed by atoms with Gasteiger partial charge in [-0.2, -0.15) is 0 Å². The lowest BCUT2D eigenvalue weighted by Gasteiger charge is -2.24. The van der Waals surface area contributed by atoms with Gasteiger partial charge in [-0.05, 0) is 81.1 Å². The fraction of sp³-hybridized carbons (Fsp3) is 0.286. The van der Waals surface area contributed by atoms with Gasteiger partial charge in [-0.1, -0.05) is 50.8 Å². The molecule has 1 atom stereocenters. The van der Waals surface area contributed by atoms with Crippen LogP contribution in [0.15, 0.2) is 68.0 Å². The summed E-state index contributed by atoms with van der Waals surface area (Å²) in [7, 11) is 0. The van der Waals surface area contributed by atoms with E-state index < -0.39 is 6.10 Å². The maximum Gasteiger partial charge on any atom is 0.338 e. The van der Waals surface area contributed by atoms with Crippen molar-refractivity contribution in [3.8, 4) is 11.3 Å². The van der Waals surface area contributed by atoms with Gasteiger partial charge in [-0.15, -0.1) is 0 Å². The number of unbranched alkanes of at least 4 members (excludes halogenated alkanes) is 4. The van der Waals surface area contributed by atoms with E-state index in [1.807, 2.05) is 36.4 Å². The summed E-state index contributed by atoms with van der Waals surface area (Å²) >= 11 is 7.10. The lowest BCUT2D eigenvalue weighted by Crippen LogP contribution is -2.15. The average Bonchev–Trinajstić information content (AvgIpc) is 2.87. The second kappa shape index (κ2) is 11.4. The number of nitrogens with two attached hydrogens (primary N) is 1. The molecule has 5 nitrogen and oxygen atoms in total. The summed E-state index contributed by atoms with van der Waals surface area (Å²) in [6.07, 6.45) is 5.68. The zero-order valence-electron chi connectivity index (χ0n) is 19.6. The van der Waals surface area contributed by atoms with Crippen LogP contribution in [0.25, 0.3) is 22.3 Å². The standard InChI is InChI=1S/C28H28Br2N2O3/c1-2-3-4-5-9-12-22(34-28(33)17-10-7-6-8-11-17)23-18-13-15-20(31)24(29)26(18)35-27-19(23)14-16-21(32)25(27)30/h6-8,10-11,13-16,22,31H,2-5,9,12,32H2,1H3. The van der Waals surface area contributed by atoms with Crippen molar-refractivity contribution in [3.63, 3.8) is 0 Å². The zero-order chi connectivity index (χ0) is 24.9. The molecular formula is C28H28Br2N2O3. The number of halogens is 2. The number of benzene rings is 3. The molecule has 2 aliphatic rings. The van der Waals surface area contributed by atoms with Crippen molar-refractivity contribution in [2.45, 2.75) is 51.6 Å². The van der Waals surface area contributed by atoms with Gasteiger partial charge in [-0.3, -0.25) is 5.41 Å². The molecule has 35 heavy (non-hydrogen) atoms. The molecule has 0 aromatic heterocycles. The van der Waals surface area contributed by atoms with Crippen LogP contribution in [0.5, 0.6) is 0 Å². The Balaban J connectivity index is 1.87. The maximum atomic E-state index is 13.2. The predicted molar refractivity (Wildman–Crippen MR) is 146 cm³/mol. The van der Waals surface area contributed by atoms with Gasteiger partial charge in [0.2, 0.25) is 0 Å². The first kappa shape index (κ1) is 25.5. The number of rotatable bonds is 9. The van der Waals surface area contributed by atoms with E-state index in [1.165, 1.54) is 12.8 Å². The number of hydrogen-bond acceptors (Lipinski definition) is 5. The highest BCUT2D eigenvalue weighted by molar-refractivity contribution is 9.11. The number of hydrogen-bond donors (Lipinski definition) is 2. The van der Waals surface area contributed by atoms with Crippen LogP contribution in [-0.4, -0.2) is 5.97 Å². The van der Waals surface area contributed by atoms with E-state index in [-0.39, 0.29) is 5.97 Å². The molecule has 1 aliphatic carbocycles. The van der Waals surface area contributed by atoms with E-state index >= 15 is 0 Å². The summed E-state index contributed by atoms with van der Waals surface area (Å²) in [5.41, 5.74) is 9.45. The molecule has 2 aromatic carbocycles. The summed E-state index contributed by atoms with van der Waals surface area (Å²) in [5, 5.41) is 9.39. The van der Waals surface area contributed by atoms with Crippen LogP contribution < -0.4 is 11.1 Å². The molecule has 3 N–H and O–H groups in total. The van der Waals surface area contributed by atoms with E-state index in [1.54, 1.807) is 18.2 Å². The van der Waals surface area contributed by atoms with Crippen molar-refractivity contribution in [2.24, 2.45) is 0 Å². The Morgan fingerprint density at radius 3 is 2.49 bits per heavy atom. The van der Waals surface area contributed by atoms with Gasteiger partial charge in [0.25, 0.3) is 0 Å². The number of anilines is 1. The van der Waals surface area contributed by atoms with Crippen molar-refractivity contribution in [3.05, 3.63) is 80.0 Å². The largest absolute Gasteiger partial charge is 0.454 e. The van der Waals surface area contributed by atoms with E-state index in [9.17, 15) is 4.79 Å². The first-order valence-electron chi connectivity index (χ1n) is 11.9. The summed E-state index contributed by atoms with van der Waals surface area (Å²) in [6, 6.07) is 16.4. The summed E-state index contributed by atoms with van der Waals surface area (Å²) < 4.78 is 13.7. The molecule has 4 rings (SSSR count). The molecule has 2 aromatic rings. The summed E-state index contributed by atoms with van der Waals surface area (Å²) in [4.78, 5) is 13.2. The Kier molecular flexibility index (Phi) is 8.29. The van der Waals surface area contributed by atoms with Crippen LogP contribution in [0.1, 0.15) is 67.5 Å². The molecule has 182 valence electrons. The first-order valence-corrected chi connectivity index (χ1v) is 13.4. The van der Waals surface area contributed by atoms with Crippen molar-refractivity contribution >= 4 is 54.5 Å². The minimum absolute atomic E-state index is 0.309. The monoisotopic (exact) mass is 598 g/mol. The lowest BCUT2D eigenvalue weighted by atomic mass is 9.92. The molecule has 0 spiro atoms. The van der Waals surface area contributed by atoms with Crippen molar-refractivity contribution in [2.75, 3.05) is 5.73 Å². The molecule has 7 heteroatoms. The van der Waals surface area contributed by atoms with Crippen molar-refractivity contribution < 1.29 is 13.9 Å². The van der Waals surface area contributed by atoms with Crippen LogP contribution in [0.2, 0.25) is 0 Å². The number of carbonyl (C=O) groups is 1. The minimum Gasteiger partial charge on any atom is -0.454 e. The van der Waals surface area contributed by atoms with Crippen molar-refractivity contribution in [1.29, 1.82) is 5.41 Å². The summed E-state index contributed by atoms with van der Waals surface area (Å²) in [6.45, 7) is 2.19.